The topological polar surface area (TPSA) is 28.3 Å². The number of aromatic nitrogens is 2. The minimum Gasteiger partial charge on any atom is -0.457 e. The quantitative estimate of drug-likeness (QED) is 0.168. The predicted octanol–water partition coefficient (Wildman–Crippen LogP) is 12.4. The Kier molecular flexibility index (Phi) is 6.65. The molecule has 0 aliphatic carbocycles. The Morgan fingerprint density at radius 3 is 1.56 bits per heavy atom. The van der Waals surface area contributed by atoms with Crippen molar-refractivity contribution < 1.29 is 9.47 Å². The zero-order chi connectivity index (χ0) is 35.8. The van der Waals surface area contributed by atoms with E-state index in [1.807, 2.05) is 12.2 Å². The number of benzene rings is 7. The van der Waals surface area contributed by atoms with E-state index in [1.54, 1.807) is 0 Å². The molecule has 0 saturated carbocycles. The summed E-state index contributed by atoms with van der Waals surface area (Å²) in [5.74, 6) is 3.26. The second-order valence-corrected chi connectivity index (χ2v) is 14.1. The third kappa shape index (κ3) is 4.19. The monoisotopic (exact) mass is 694 g/mol. The maximum absolute atomic E-state index is 7.11. The Bertz CT molecular complexity index is 2910. The first-order chi connectivity index (χ1) is 26.8. The first-order valence-electron chi connectivity index (χ1n) is 18.4. The Morgan fingerprint density at radius 2 is 0.981 bits per heavy atom. The summed E-state index contributed by atoms with van der Waals surface area (Å²) < 4.78 is 18.7. The van der Waals surface area contributed by atoms with Gasteiger partial charge in [-0.3, -0.25) is 0 Å². The van der Waals surface area contributed by atoms with Crippen molar-refractivity contribution in [2.24, 2.45) is 0 Å². The highest BCUT2D eigenvalue weighted by Crippen LogP contribution is 2.60. The zero-order valence-corrected chi connectivity index (χ0v) is 29.4. The second kappa shape index (κ2) is 11.7. The van der Waals surface area contributed by atoms with Crippen molar-refractivity contribution in [3.63, 3.8) is 0 Å². The van der Waals surface area contributed by atoms with Crippen LogP contribution >= 0.6 is 0 Å². The molecule has 0 N–H and O–H groups in total. The fraction of sp³-hybridized carbons (Fsp3) is 0.0400. The van der Waals surface area contributed by atoms with Gasteiger partial charge in [-0.25, -0.2) is 0 Å². The van der Waals surface area contributed by atoms with E-state index in [0.29, 0.717) is 6.54 Å². The molecule has 54 heavy (non-hydrogen) atoms. The molecule has 2 aliphatic rings. The summed E-state index contributed by atoms with van der Waals surface area (Å²) in [4.78, 5) is 0. The third-order valence-corrected chi connectivity index (χ3v) is 11.4. The van der Waals surface area contributed by atoms with Crippen LogP contribution in [0.25, 0.3) is 49.3 Å². The maximum Gasteiger partial charge on any atom is 0.132 e. The summed E-state index contributed by atoms with van der Waals surface area (Å²) in [5, 5.41) is 4.90. The molecule has 4 nitrogen and oxygen atoms in total. The summed E-state index contributed by atoms with van der Waals surface area (Å²) in [6.45, 7) is 4.61. The predicted molar refractivity (Wildman–Crippen MR) is 220 cm³/mol. The van der Waals surface area contributed by atoms with Gasteiger partial charge >= 0.3 is 0 Å². The van der Waals surface area contributed by atoms with E-state index in [4.69, 9.17) is 9.47 Å². The normalized spacial score (nSPS) is 14.4. The van der Waals surface area contributed by atoms with Crippen molar-refractivity contribution in [3.8, 4) is 22.9 Å². The standard InChI is InChI=1S/C50H34N2O2/c1-2-3-26-48-41(32-51-42-22-10-4-16-34(42)35-17-5-11-23-43(35)51)50(38-20-8-14-27-46(38)53-47-28-15-9-21-39(47)50)40-31-33(29-30-49(40)54-48)52-44-24-12-6-18-36(44)37-19-7-13-25-45(37)52/h2-31H,1,32H2/b26-3-. The zero-order valence-electron chi connectivity index (χ0n) is 29.4. The van der Waals surface area contributed by atoms with Crippen molar-refractivity contribution >= 4 is 43.6 Å². The molecular weight excluding hydrogens is 661 g/mol. The number of allylic oxidation sites excluding steroid dienone is 4. The minimum absolute atomic E-state index is 0.562. The Hall–Kier alpha value is -7.04. The highest BCUT2D eigenvalue weighted by Gasteiger charge is 2.52. The van der Waals surface area contributed by atoms with Gasteiger partial charge in [0.2, 0.25) is 0 Å². The van der Waals surface area contributed by atoms with Crippen molar-refractivity contribution in [2.75, 3.05) is 0 Å². The average molecular weight is 695 g/mol. The van der Waals surface area contributed by atoms with Crippen LogP contribution < -0.4 is 9.47 Å². The van der Waals surface area contributed by atoms with Crippen molar-refractivity contribution in [1.29, 1.82) is 0 Å². The number of ether oxygens (including phenoxy) is 2. The molecule has 7 aromatic carbocycles. The number of fused-ring (bicyclic) bond motifs is 12. The van der Waals surface area contributed by atoms with Crippen LogP contribution in [0, 0.1) is 0 Å². The van der Waals surface area contributed by atoms with Crippen molar-refractivity contribution in [1.82, 2.24) is 9.13 Å². The Labute approximate surface area is 312 Å². The molecule has 0 fully saturated rings. The lowest BCUT2D eigenvalue weighted by atomic mass is 9.61. The lowest BCUT2D eigenvalue weighted by molar-refractivity contribution is 0.367. The lowest BCUT2D eigenvalue weighted by Gasteiger charge is -2.46. The van der Waals surface area contributed by atoms with E-state index in [1.165, 1.54) is 32.6 Å². The molecule has 0 bridgehead atoms. The second-order valence-electron chi connectivity index (χ2n) is 14.1. The van der Waals surface area contributed by atoms with Crippen molar-refractivity contribution in [3.05, 3.63) is 217 Å². The minimum atomic E-state index is -0.791. The van der Waals surface area contributed by atoms with Gasteiger partial charge in [0.25, 0.3) is 0 Å². The molecule has 1 spiro atoms. The van der Waals surface area contributed by atoms with Gasteiger partial charge in [-0.15, -0.1) is 0 Å². The van der Waals surface area contributed by atoms with E-state index in [-0.39, 0.29) is 0 Å². The van der Waals surface area contributed by atoms with Gasteiger partial charge in [-0.05, 0) is 60.7 Å². The molecular formula is C50H34N2O2. The summed E-state index contributed by atoms with van der Waals surface area (Å²) in [6, 6.07) is 58.5. The number of hydrogen-bond acceptors (Lipinski definition) is 2. The molecule has 0 radical (unpaired) electrons. The van der Waals surface area contributed by atoms with Crippen LogP contribution in [0.3, 0.4) is 0 Å². The Balaban J connectivity index is 1.27. The van der Waals surface area contributed by atoms with Gasteiger partial charge in [0, 0.05) is 67.1 Å². The van der Waals surface area contributed by atoms with Gasteiger partial charge < -0.3 is 18.6 Å². The van der Waals surface area contributed by atoms with Crippen LogP contribution in [0.15, 0.2) is 200 Å². The van der Waals surface area contributed by atoms with Crippen LogP contribution in [-0.2, 0) is 12.0 Å². The van der Waals surface area contributed by atoms with E-state index in [9.17, 15) is 0 Å². The van der Waals surface area contributed by atoms with Gasteiger partial charge in [0.15, 0.2) is 0 Å². The Morgan fingerprint density at radius 1 is 0.500 bits per heavy atom. The summed E-state index contributed by atoms with van der Waals surface area (Å²) in [6.07, 6.45) is 5.86. The summed E-state index contributed by atoms with van der Waals surface area (Å²) in [7, 11) is 0. The molecule has 4 heterocycles. The van der Waals surface area contributed by atoms with Gasteiger partial charge in [0.1, 0.15) is 23.0 Å². The van der Waals surface area contributed by atoms with E-state index >= 15 is 0 Å². The average Bonchev–Trinajstić information content (AvgIpc) is 3.73. The largest absolute Gasteiger partial charge is 0.457 e. The molecule has 11 rings (SSSR count). The summed E-state index contributed by atoms with van der Waals surface area (Å²) in [5.41, 5.74) is 9.28. The highest BCUT2D eigenvalue weighted by molar-refractivity contribution is 6.09. The molecule has 4 heteroatoms. The molecule has 0 atom stereocenters. The first kappa shape index (κ1) is 30.6. The van der Waals surface area contributed by atoms with Crippen LogP contribution in [0.2, 0.25) is 0 Å². The smallest absolute Gasteiger partial charge is 0.132 e. The molecule has 9 aromatic rings. The van der Waals surface area contributed by atoms with Gasteiger partial charge in [0.05, 0.1) is 16.4 Å². The van der Waals surface area contributed by atoms with Crippen LogP contribution in [0.5, 0.6) is 17.2 Å². The molecule has 2 aliphatic heterocycles. The van der Waals surface area contributed by atoms with Crippen LogP contribution in [0.4, 0.5) is 0 Å². The fourth-order valence-electron chi connectivity index (χ4n) is 9.20. The van der Waals surface area contributed by atoms with Crippen LogP contribution in [-0.4, -0.2) is 9.13 Å². The summed E-state index contributed by atoms with van der Waals surface area (Å²) >= 11 is 0. The third-order valence-electron chi connectivity index (χ3n) is 11.4. The van der Waals surface area contributed by atoms with Gasteiger partial charge in [-0.1, -0.05) is 128 Å². The number of nitrogens with zero attached hydrogens (tertiary/aromatic N) is 2. The van der Waals surface area contributed by atoms with E-state index in [2.05, 4.69) is 186 Å². The highest BCUT2D eigenvalue weighted by atomic mass is 16.5. The number of rotatable bonds is 5. The van der Waals surface area contributed by atoms with Crippen molar-refractivity contribution in [2.45, 2.75) is 12.0 Å². The van der Waals surface area contributed by atoms with Gasteiger partial charge in [-0.2, -0.15) is 0 Å². The van der Waals surface area contributed by atoms with Crippen LogP contribution in [0.1, 0.15) is 16.7 Å². The molecule has 2 aromatic heterocycles. The molecule has 0 amide bonds. The molecule has 0 unspecified atom stereocenters. The SMILES string of the molecule is C=C/C=C\C1=C(Cn2c3ccccc3c3ccccc32)C2(c3cc(-n4c5ccccc5c5ccccc54)ccc3O1)c1ccccc1Oc1ccccc12. The van der Waals surface area contributed by atoms with E-state index in [0.717, 1.165) is 62.0 Å². The van der Waals surface area contributed by atoms with E-state index < -0.39 is 5.41 Å². The number of para-hydroxylation sites is 6. The lowest BCUT2D eigenvalue weighted by Crippen LogP contribution is -2.40. The molecule has 0 saturated heterocycles. The molecule has 256 valence electrons. The maximum atomic E-state index is 7.11. The number of hydrogen-bond donors (Lipinski definition) is 0. The first-order valence-corrected chi connectivity index (χ1v) is 18.4. The fourth-order valence-corrected chi connectivity index (χ4v) is 9.20.